The van der Waals surface area contributed by atoms with E-state index in [0.29, 0.717) is 0 Å². The van der Waals surface area contributed by atoms with Gasteiger partial charge in [0, 0.05) is 19.3 Å². The summed E-state index contributed by atoms with van der Waals surface area (Å²) in [6.45, 7) is 8.89. The van der Waals surface area contributed by atoms with Gasteiger partial charge in [0.15, 0.2) is 0 Å². The molecule has 0 aromatic heterocycles. The van der Waals surface area contributed by atoms with Gasteiger partial charge in [-0.1, -0.05) is 25.7 Å². The topological polar surface area (TPSA) is 47.7 Å². The molecule has 1 heterocycles. The molecule has 20 heavy (non-hydrogen) atoms. The van der Waals surface area contributed by atoms with Crippen LogP contribution in [0.2, 0.25) is 6.04 Å². The molecule has 0 aromatic rings. The van der Waals surface area contributed by atoms with Crippen LogP contribution in [0.5, 0.6) is 0 Å². The Morgan fingerprint density at radius 1 is 0.950 bits per heavy atom. The summed E-state index contributed by atoms with van der Waals surface area (Å²) in [6.07, 6.45) is 8.97. The van der Waals surface area contributed by atoms with Crippen molar-refractivity contribution in [2.45, 2.75) is 64.8 Å². The summed E-state index contributed by atoms with van der Waals surface area (Å²) >= 11 is 0. The SMILES string of the molecule is CCO[Si]1(OCC)CCCN1CCCCCCCCN. The van der Waals surface area contributed by atoms with E-state index in [1.165, 1.54) is 51.5 Å². The van der Waals surface area contributed by atoms with Crippen LogP contribution in [-0.4, -0.2) is 46.1 Å². The number of hydrogen-bond acceptors (Lipinski definition) is 4. The van der Waals surface area contributed by atoms with Gasteiger partial charge in [-0.05, 0) is 52.7 Å². The third-order valence-electron chi connectivity index (χ3n) is 4.02. The van der Waals surface area contributed by atoms with Gasteiger partial charge in [0.25, 0.3) is 0 Å². The molecule has 0 bridgehead atoms. The maximum atomic E-state index is 6.08. The molecule has 2 N–H and O–H groups in total. The lowest BCUT2D eigenvalue weighted by Gasteiger charge is -2.34. The molecule has 1 saturated heterocycles. The molecule has 4 nitrogen and oxygen atoms in total. The predicted molar refractivity (Wildman–Crippen MR) is 86.8 cm³/mol. The van der Waals surface area contributed by atoms with E-state index < -0.39 is 8.72 Å². The van der Waals surface area contributed by atoms with E-state index in [1.807, 2.05) is 0 Å². The Hall–Kier alpha value is 0.0569. The average Bonchev–Trinajstić information content (AvgIpc) is 2.81. The zero-order valence-electron chi connectivity index (χ0n) is 13.5. The summed E-state index contributed by atoms with van der Waals surface area (Å²) in [7, 11) is -2.03. The van der Waals surface area contributed by atoms with Crippen LogP contribution in [0.15, 0.2) is 0 Å². The molecule has 1 rings (SSSR count). The average molecular weight is 303 g/mol. The van der Waals surface area contributed by atoms with Crippen LogP contribution < -0.4 is 5.73 Å². The Morgan fingerprint density at radius 2 is 1.55 bits per heavy atom. The van der Waals surface area contributed by atoms with Gasteiger partial charge >= 0.3 is 8.72 Å². The summed E-state index contributed by atoms with van der Waals surface area (Å²) in [5.74, 6) is 0. The highest BCUT2D eigenvalue weighted by atomic mass is 28.4. The Balaban J connectivity index is 2.23. The van der Waals surface area contributed by atoms with Crippen molar-refractivity contribution >= 4 is 8.72 Å². The molecule has 0 spiro atoms. The van der Waals surface area contributed by atoms with Crippen LogP contribution in [0.25, 0.3) is 0 Å². The first-order chi connectivity index (χ1) is 9.79. The molecule has 0 unspecified atom stereocenters. The molecule has 1 fully saturated rings. The first-order valence-corrected chi connectivity index (χ1v) is 10.5. The lowest BCUT2D eigenvalue weighted by molar-refractivity contribution is 0.135. The van der Waals surface area contributed by atoms with Gasteiger partial charge in [-0.3, -0.25) is 4.57 Å². The molecule has 0 aromatic carbocycles. The fourth-order valence-corrected chi connectivity index (χ4v) is 6.64. The molecule has 0 aliphatic carbocycles. The first kappa shape index (κ1) is 18.1. The number of hydrogen-bond donors (Lipinski definition) is 1. The van der Waals surface area contributed by atoms with Gasteiger partial charge in [-0.2, -0.15) is 0 Å². The van der Waals surface area contributed by atoms with Crippen molar-refractivity contribution in [3.8, 4) is 0 Å². The van der Waals surface area contributed by atoms with Crippen LogP contribution in [0.1, 0.15) is 58.8 Å². The van der Waals surface area contributed by atoms with Crippen LogP contribution in [0, 0.1) is 0 Å². The summed E-state index contributed by atoms with van der Waals surface area (Å²) in [5, 5.41) is 0. The molecule has 1 aliphatic rings. The van der Waals surface area contributed by atoms with Gasteiger partial charge < -0.3 is 14.6 Å². The fraction of sp³-hybridized carbons (Fsp3) is 1.00. The van der Waals surface area contributed by atoms with Gasteiger partial charge in [0.05, 0.1) is 0 Å². The van der Waals surface area contributed by atoms with Crippen molar-refractivity contribution in [1.82, 2.24) is 4.57 Å². The standard InChI is InChI=1S/C15H34N2O2Si/c1-3-18-20(19-4-2)15-11-14-17(20)13-10-8-6-5-7-9-12-16/h3-16H2,1-2H3. The van der Waals surface area contributed by atoms with Crippen molar-refractivity contribution in [2.24, 2.45) is 5.73 Å². The van der Waals surface area contributed by atoms with Crippen molar-refractivity contribution < 1.29 is 8.85 Å². The van der Waals surface area contributed by atoms with E-state index in [-0.39, 0.29) is 0 Å². The molecule has 0 amide bonds. The molecular weight excluding hydrogens is 268 g/mol. The molecule has 120 valence electrons. The second-order valence-corrected chi connectivity index (χ2v) is 8.71. The summed E-state index contributed by atoms with van der Waals surface area (Å²) in [5.41, 5.74) is 5.51. The largest absolute Gasteiger partial charge is 0.427 e. The van der Waals surface area contributed by atoms with E-state index in [2.05, 4.69) is 18.4 Å². The van der Waals surface area contributed by atoms with E-state index in [0.717, 1.165) is 32.3 Å². The predicted octanol–water partition coefficient (Wildman–Crippen LogP) is 3.00. The first-order valence-electron chi connectivity index (χ1n) is 8.52. The van der Waals surface area contributed by atoms with Crippen molar-refractivity contribution in [3.05, 3.63) is 0 Å². The zero-order chi connectivity index (χ0) is 14.7. The van der Waals surface area contributed by atoms with Crippen molar-refractivity contribution in [3.63, 3.8) is 0 Å². The lowest BCUT2D eigenvalue weighted by Crippen LogP contribution is -2.54. The van der Waals surface area contributed by atoms with E-state index >= 15 is 0 Å². The zero-order valence-corrected chi connectivity index (χ0v) is 14.5. The third kappa shape index (κ3) is 5.82. The highest BCUT2D eigenvalue weighted by Gasteiger charge is 2.48. The number of unbranched alkanes of at least 4 members (excludes halogenated alkanes) is 5. The molecular formula is C15H34N2O2Si. The molecule has 0 atom stereocenters. The van der Waals surface area contributed by atoms with Crippen LogP contribution in [0.4, 0.5) is 0 Å². The molecule has 0 saturated carbocycles. The number of nitrogens with zero attached hydrogens (tertiary/aromatic N) is 1. The van der Waals surface area contributed by atoms with Crippen molar-refractivity contribution in [2.75, 3.05) is 32.8 Å². The molecule has 1 aliphatic heterocycles. The highest BCUT2D eigenvalue weighted by molar-refractivity contribution is 6.65. The Kier molecular flexibility index (Phi) is 9.72. The van der Waals surface area contributed by atoms with Crippen LogP contribution >= 0.6 is 0 Å². The second-order valence-electron chi connectivity index (χ2n) is 5.58. The maximum absolute atomic E-state index is 6.08. The van der Waals surface area contributed by atoms with Gasteiger partial charge in [-0.15, -0.1) is 0 Å². The van der Waals surface area contributed by atoms with Gasteiger partial charge in [0.2, 0.25) is 0 Å². The highest BCUT2D eigenvalue weighted by Crippen LogP contribution is 2.28. The van der Waals surface area contributed by atoms with Crippen LogP contribution in [0.3, 0.4) is 0 Å². The Labute approximate surface area is 126 Å². The summed E-state index contributed by atoms with van der Waals surface area (Å²) in [6, 6.07) is 1.14. The minimum absolute atomic E-state index is 0.780. The fourth-order valence-electron chi connectivity index (χ4n) is 3.08. The van der Waals surface area contributed by atoms with Gasteiger partial charge in [0.1, 0.15) is 0 Å². The lowest BCUT2D eigenvalue weighted by atomic mass is 10.1. The van der Waals surface area contributed by atoms with E-state index in [1.54, 1.807) is 0 Å². The van der Waals surface area contributed by atoms with Gasteiger partial charge in [-0.25, -0.2) is 0 Å². The third-order valence-corrected chi connectivity index (χ3v) is 7.90. The Bertz CT molecular complexity index is 236. The van der Waals surface area contributed by atoms with E-state index in [9.17, 15) is 0 Å². The summed E-state index contributed by atoms with van der Waals surface area (Å²) < 4.78 is 14.7. The second kappa shape index (κ2) is 10.7. The number of nitrogens with two attached hydrogens (primary N) is 1. The van der Waals surface area contributed by atoms with E-state index in [4.69, 9.17) is 14.6 Å². The molecule has 5 heteroatoms. The van der Waals surface area contributed by atoms with Crippen molar-refractivity contribution in [1.29, 1.82) is 0 Å². The quantitative estimate of drug-likeness (QED) is 0.445. The molecule has 0 radical (unpaired) electrons. The van der Waals surface area contributed by atoms with Crippen LogP contribution in [-0.2, 0) is 8.85 Å². The minimum atomic E-state index is -2.03. The maximum Gasteiger partial charge on any atom is 0.427 e. The number of rotatable bonds is 12. The normalized spacial score (nSPS) is 18.8. The Morgan fingerprint density at radius 3 is 2.15 bits per heavy atom. The smallest absolute Gasteiger partial charge is 0.383 e. The monoisotopic (exact) mass is 302 g/mol. The summed E-state index contributed by atoms with van der Waals surface area (Å²) in [4.78, 5) is 0. The minimum Gasteiger partial charge on any atom is -0.383 e.